The van der Waals surface area contributed by atoms with Gasteiger partial charge in [0.25, 0.3) is 0 Å². The van der Waals surface area contributed by atoms with E-state index in [9.17, 15) is 0 Å². The van der Waals surface area contributed by atoms with Crippen molar-refractivity contribution in [2.24, 2.45) is 0 Å². The fourth-order valence-corrected chi connectivity index (χ4v) is 1.46. The zero-order chi connectivity index (χ0) is 10.1. The third-order valence-electron chi connectivity index (χ3n) is 1.53. The molecule has 72 valence electrons. The van der Waals surface area contributed by atoms with Crippen molar-refractivity contribution in [2.75, 3.05) is 0 Å². The van der Waals surface area contributed by atoms with Gasteiger partial charge in [-0.1, -0.05) is 23.2 Å². The number of aromatic nitrogens is 4. The zero-order valence-corrected chi connectivity index (χ0v) is 9.73. The van der Waals surface area contributed by atoms with Crippen LogP contribution in [0.5, 0.6) is 0 Å². The minimum Gasteiger partial charge on any atom is -0.285 e. The normalized spacial score (nSPS) is 10.5. The van der Waals surface area contributed by atoms with Crippen LogP contribution in [0.25, 0.3) is 11.4 Å². The third kappa shape index (κ3) is 1.75. The quantitative estimate of drug-likeness (QED) is 0.823. The number of hydrogen-bond acceptors (Lipinski definition) is 3. The summed E-state index contributed by atoms with van der Waals surface area (Å²) in [6, 6.07) is 0. The second-order valence-electron chi connectivity index (χ2n) is 2.43. The Labute approximate surface area is 97.8 Å². The van der Waals surface area contributed by atoms with Crippen LogP contribution in [0.4, 0.5) is 0 Å². The molecule has 0 spiro atoms. The molecule has 0 aliphatic rings. The van der Waals surface area contributed by atoms with Gasteiger partial charge in [-0.15, -0.1) is 0 Å². The van der Waals surface area contributed by atoms with Crippen LogP contribution in [0.15, 0.2) is 16.9 Å². The number of hydrogen-bond donors (Lipinski definition) is 1. The highest BCUT2D eigenvalue weighted by Gasteiger charge is 2.10. The maximum Gasteiger partial charge on any atom is 0.165 e. The monoisotopic (exact) mass is 292 g/mol. The van der Waals surface area contributed by atoms with Crippen molar-refractivity contribution in [2.45, 2.75) is 0 Å². The number of halogens is 3. The first-order valence-electron chi connectivity index (χ1n) is 3.56. The van der Waals surface area contributed by atoms with Gasteiger partial charge in [-0.05, 0) is 15.9 Å². The van der Waals surface area contributed by atoms with Crippen molar-refractivity contribution in [1.82, 2.24) is 20.2 Å². The van der Waals surface area contributed by atoms with Gasteiger partial charge >= 0.3 is 0 Å². The predicted molar refractivity (Wildman–Crippen MR) is 57.3 cm³/mol. The Hall–Kier alpha value is -0.650. The number of rotatable bonds is 1. The molecule has 2 rings (SSSR count). The summed E-state index contributed by atoms with van der Waals surface area (Å²) in [5, 5.41) is 6.99. The first kappa shape index (κ1) is 9.89. The lowest BCUT2D eigenvalue weighted by Crippen LogP contribution is -1.90. The van der Waals surface area contributed by atoms with Crippen molar-refractivity contribution in [3.05, 3.63) is 27.2 Å². The molecule has 0 saturated carbocycles. The summed E-state index contributed by atoms with van der Waals surface area (Å²) < 4.78 is 0.494. The summed E-state index contributed by atoms with van der Waals surface area (Å²) in [7, 11) is 0. The number of nitrogens with zero attached hydrogens (tertiary/aromatic N) is 3. The van der Waals surface area contributed by atoms with Crippen LogP contribution in [0, 0.1) is 0 Å². The maximum absolute atomic E-state index is 5.82. The van der Waals surface area contributed by atoms with E-state index in [4.69, 9.17) is 23.2 Å². The Morgan fingerprint density at radius 3 is 2.36 bits per heavy atom. The second kappa shape index (κ2) is 3.84. The highest BCUT2D eigenvalue weighted by atomic mass is 79.9. The molecule has 0 radical (unpaired) electrons. The van der Waals surface area contributed by atoms with E-state index >= 15 is 0 Å². The molecule has 2 heterocycles. The summed E-state index contributed by atoms with van der Waals surface area (Å²) in [4.78, 5) is 8.08. The molecule has 0 aliphatic carbocycles. The minimum atomic E-state index is 0.279. The van der Waals surface area contributed by atoms with Crippen LogP contribution < -0.4 is 0 Å². The molecule has 0 aliphatic heterocycles. The lowest BCUT2D eigenvalue weighted by molar-refractivity contribution is 1.09. The standard InChI is InChI=1S/C7H3BrCl2N4/c8-4-5(9)13-7(14-6(4)10)3-1-11-12-2-3/h1-2H,(H,11,12). The fourth-order valence-electron chi connectivity index (χ4n) is 0.897. The third-order valence-corrected chi connectivity index (χ3v) is 3.28. The van der Waals surface area contributed by atoms with Crippen molar-refractivity contribution >= 4 is 39.1 Å². The van der Waals surface area contributed by atoms with Crippen molar-refractivity contribution in [3.8, 4) is 11.4 Å². The van der Waals surface area contributed by atoms with E-state index in [0.717, 1.165) is 5.56 Å². The Morgan fingerprint density at radius 1 is 1.21 bits per heavy atom. The van der Waals surface area contributed by atoms with E-state index in [1.54, 1.807) is 12.4 Å². The van der Waals surface area contributed by atoms with Crippen LogP contribution in [0.2, 0.25) is 10.3 Å². The van der Waals surface area contributed by atoms with Gasteiger partial charge in [-0.3, -0.25) is 5.10 Å². The van der Waals surface area contributed by atoms with E-state index < -0.39 is 0 Å². The van der Waals surface area contributed by atoms with E-state index in [1.165, 1.54) is 0 Å². The smallest absolute Gasteiger partial charge is 0.165 e. The lowest BCUT2D eigenvalue weighted by atomic mass is 10.3. The number of nitrogens with one attached hydrogen (secondary N) is 1. The second-order valence-corrected chi connectivity index (χ2v) is 3.94. The molecule has 0 unspecified atom stereocenters. The Kier molecular flexibility index (Phi) is 2.71. The van der Waals surface area contributed by atoms with Gasteiger partial charge < -0.3 is 0 Å². The average Bonchev–Trinajstić information content (AvgIpc) is 2.66. The molecular weight excluding hydrogens is 291 g/mol. The highest BCUT2D eigenvalue weighted by molar-refractivity contribution is 9.10. The van der Waals surface area contributed by atoms with Crippen molar-refractivity contribution in [3.63, 3.8) is 0 Å². The van der Waals surface area contributed by atoms with Crippen LogP contribution in [-0.2, 0) is 0 Å². The summed E-state index contributed by atoms with van der Waals surface area (Å²) in [5.41, 5.74) is 0.737. The molecule has 0 fully saturated rings. The lowest BCUT2D eigenvalue weighted by Gasteiger charge is -2.00. The summed E-state index contributed by atoms with van der Waals surface area (Å²) in [6.07, 6.45) is 3.26. The first-order chi connectivity index (χ1) is 6.68. The average molecular weight is 294 g/mol. The van der Waals surface area contributed by atoms with E-state index in [2.05, 4.69) is 36.1 Å². The van der Waals surface area contributed by atoms with Gasteiger partial charge in [-0.25, -0.2) is 9.97 Å². The van der Waals surface area contributed by atoms with Gasteiger partial charge in [0, 0.05) is 6.20 Å². The highest BCUT2D eigenvalue weighted by Crippen LogP contribution is 2.29. The van der Waals surface area contributed by atoms with Gasteiger partial charge in [0.2, 0.25) is 0 Å². The molecule has 4 nitrogen and oxygen atoms in total. The van der Waals surface area contributed by atoms with Gasteiger partial charge in [-0.2, -0.15) is 5.10 Å². The topological polar surface area (TPSA) is 54.5 Å². The molecule has 0 saturated heterocycles. The van der Waals surface area contributed by atoms with Crippen molar-refractivity contribution < 1.29 is 0 Å². The molecule has 7 heteroatoms. The number of aromatic amines is 1. The Bertz CT molecular complexity index is 434. The summed E-state index contributed by atoms with van der Waals surface area (Å²) in [5.74, 6) is 0.442. The fraction of sp³-hybridized carbons (Fsp3) is 0. The van der Waals surface area contributed by atoms with Gasteiger partial charge in [0.1, 0.15) is 10.3 Å². The van der Waals surface area contributed by atoms with Crippen LogP contribution >= 0.6 is 39.1 Å². The zero-order valence-electron chi connectivity index (χ0n) is 6.63. The largest absolute Gasteiger partial charge is 0.285 e. The van der Waals surface area contributed by atoms with E-state index in [1.807, 2.05) is 0 Å². The van der Waals surface area contributed by atoms with E-state index in [0.29, 0.717) is 10.3 Å². The van der Waals surface area contributed by atoms with Crippen molar-refractivity contribution in [1.29, 1.82) is 0 Å². The molecule has 1 N–H and O–H groups in total. The maximum atomic E-state index is 5.82. The first-order valence-corrected chi connectivity index (χ1v) is 5.11. The number of H-pyrrole nitrogens is 1. The molecular formula is C7H3BrCl2N4. The molecule has 2 aromatic heterocycles. The van der Waals surface area contributed by atoms with Gasteiger partial charge in [0.05, 0.1) is 16.2 Å². The Morgan fingerprint density at radius 2 is 1.86 bits per heavy atom. The van der Waals surface area contributed by atoms with Gasteiger partial charge in [0.15, 0.2) is 5.82 Å². The molecule has 0 aromatic carbocycles. The minimum absolute atomic E-state index is 0.279. The molecule has 2 aromatic rings. The molecule has 0 atom stereocenters. The molecule has 0 amide bonds. The van der Waals surface area contributed by atoms with E-state index in [-0.39, 0.29) is 10.3 Å². The van der Waals surface area contributed by atoms with Crippen LogP contribution in [0.3, 0.4) is 0 Å². The van der Waals surface area contributed by atoms with Crippen LogP contribution in [-0.4, -0.2) is 20.2 Å². The Balaban J connectivity index is 2.57. The summed E-state index contributed by atoms with van der Waals surface area (Å²) in [6.45, 7) is 0. The SMILES string of the molecule is Clc1nc(-c2cn[nH]c2)nc(Cl)c1Br. The molecule has 0 bridgehead atoms. The summed E-state index contributed by atoms with van der Waals surface area (Å²) >= 11 is 14.8. The van der Waals surface area contributed by atoms with Crippen LogP contribution in [0.1, 0.15) is 0 Å². The molecule has 14 heavy (non-hydrogen) atoms. The predicted octanol–water partition coefficient (Wildman–Crippen LogP) is 2.94.